The van der Waals surface area contributed by atoms with Crippen molar-refractivity contribution in [2.24, 2.45) is 22.9 Å². The summed E-state index contributed by atoms with van der Waals surface area (Å²) in [5.74, 6) is 8.42. The number of amides is 2. The molecular weight excluding hydrogens is 693 g/mol. The molecule has 1 aliphatic carbocycles. The largest absolute Gasteiger partial charge is 0.497 e. The summed E-state index contributed by atoms with van der Waals surface area (Å²) < 4.78 is 34.6. The number of nitrogens with zero attached hydrogens (tertiary/aromatic N) is 3. The van der Waals surface area contributed by atoms with Crippen molar-refractivity contribution in [3.63, 3.8) is 0 Å². The zero-order valence-electron chi connectivity index (χ0n) is 31.5. The first-order chi connectivity index (χ1) is 24.7. The van der Waals surface area contributed by atoms with Crippen LogP contribution in [-0.2, 0) is 32.1 Å². The Morgan fingerprint density at radius 1 is 1.12 bits per heavy atom. The Hall–Kier alpha value is -4.23. The highest BCUT2D eigenvalue weighted by Gasteiger charge is 2.39. The summed E-state index contributed by atoms with van der Waals surface area (Å²) >= 11 is 6.44. The Kier molecular flexibility index (Phi) is 15.9. The number of ether oxygens (including phenoxy) is 4. The number of hydrogen-bond acceptors (Lipinski definition) is 10. The number of alkyl halides is 1. The molecule has 3 atom stereocenters. The first-order valence-electron chi connectivity index (χ1n) is 17.5. The van der Waals surface area contributed by atoms with Gasteiger partial charge in [0, 0.05) is 48.8 Å². The molecule has 52 heavy (non-hydrogen) atoms. The summed E-state index contributed by atoms with van der Waals surface area (Å²) in [6.07, 6.45) is 4.81. The van der Waals surface area contributed by atoms with Crippen LogP contribution < -0.4 is 25.8 Å². The SMILES string of the molecule is CC(F)/C(=C(/N)COc1ccc(Cl)c2c1C(N1CCCC1=O)N(C=O)CC2)N(C)N.CC1CCCC1(C)C.COc1ccc(COC=O)c(OC)c1. The van der Waals surface area contributed by atoms with Gasteiger partial charge in [-0.1, -0.05) is 45.2 Å². The molecule has 0 radical (unpaired) electrons. The van der Waals surface area contributed by atoms with Crippen LogP contribution in [0.15, 0.2) is 41.7 Å². The summed E-state index contributed by atoms with van der Waals surface area (Å²) in [5.41, 5.74) is 9.27. The number of benzene rings is 2. The van der Waals surface area contributed by atoms with Crippen molar-refractivity contribution in [3.05, 3.63) is 63.4 Å². The van der Waals surface area contributed by atoms with Crippen molar-refractivity contribution >= 4 is 30.4 Å². The molecule has 0 spiro atoms. The molecule has 2 fully saturated rings. The summed E-state index contributed by atoms with van der Waals surface area (Å²) in [6, 6.07) is 8.71. The Balaban J connectivity index is 0.000000271. The monoisotopic (exact) mass is 747 g/mol. The van der Waals surface area contributed by atoms with Crippen LogP contribution in [0.5, 0.6) is 17.2 Å². The number of fused-ring (bicyclic) bond motifs is 1. The third-order valence-electron chi connectivity index (χ3n) is 10.1. The summed E-state index contributed by atoms with van der Waals surface area (Å²) in [4.78, 5) is 37.5. The van der Waals surface area contributed by atoms with Gasteiger partial charge in [0.15, 0.2) is 0 Å². The first kappa shape index (κ1) is 42.2. The molecule has 2 aliphatic heterocycles. The maximum atomic E-state index is 13.9. The first-order valence-corrected chi connectivity index (χ1v) is 17.9. The highest BCUT2D eigenvalue weighted by molar-refractivity contribution is 6.31. The maximum Gasteiger partial charge on any atom is 0.293 e. The molecule has 2 aromatic carbocycles. The zero-order valence-corrected chi connectivity index (χ0v) is 32.2. The Bertz CT molecular complexity index is 1540. The number of hydrazine groups is 1. The van der Waals surface area contributed by atoms with Gasteiger partial charge in [0.05, 0.1) is 25.6 Å². The third-order valence-corrected chi connectivity index (χ3v) is 10.4. The van der Waals surface area contributed by atoms with Crippen molar-refractivity contribution < 1.29 is 37.7 Å². The van der Waals surface area contributed by atoms with Crippen molar-refractivity contribution in [1.82, 2.24) is 14.8 Å². The number of carbonyl (C=O) groups is 3. The predicted octanol–water partition coefficient (Wildman–Crippen LogP) is 5.90. The Labute approximate surface area is 312 Å². The number of halogens is 2. The van der Waals surface area contributed by atoms with E-state index in [1.165, 1.54) is 33.2 Å². The number of allylic oxidation sites excluding steroid dienone is 1. The molecule has 0 bridgehead atoms. The molecule has 288 valence electrons. The van der Waals surface area contributed by atoms with Crippen molar-refractivity contribution in [3.8, 4) is 17.2 Å². The van der Waals surface area contributed by atoms with Crippen LogP contribution in [0.4, 0.5) is 4.39 Å². The molecule has 1 saturated heterocycles. The van der Waals surface area contributed by atoms with E-state index in [1.807, 2.05) is 0 Å². The van der Waals surface area contributed by atoms with E-state index in [0.29, 0.717) is 65.7 Å². The van der Waals surface area contributed by atoms with Gasteiger partial charge < -0.3 is 39.5 Å². The van der Waals surface area contributed by atoms with E-state index < -0.39 is 12.3 Å². The van der Waals surface area contributed by atoms with Gasteiger partial charge in [-0.15, -0.1) is 0 Å². The van der Waals surface area contributed by atoms with Crippen molar-refractivity contribution in [1.29, 1.82) is 0 Å². The van der Waals surface area contributed by atoms with Gasteiger partial charge in [-0.05, 0) is 67.3 Å². The minimum absolute atomic E-state index is 0.0247. The number of nitrogens with two attached hydrogens (primary N) is 2. The molecule has 4 N–H and O–H groups in total. The molecule has 3 aliphatic rings. The number of likely N-dealkylation sites (tertiary alicyclic amines) is 1. The average Bonchev–Trinajstić information content (AvgIpc) is 3.68. The van der Waals surface area contributed by atoms with Crippen molar-refractivity contribution in [2.45, 2.75) is 85.2 Å². The highest BCUT2D eigenvalue weighted by Crippen LogP contribution is 2.43. The second-order valence-electron chi connectivity index (χ2n) is 13.9. The normalized spacial score (nSPS) is 19.8. The van der Waals surface area contributed by atoms with E-state index in [1.54, 1.807) is 54.4 Å². The zero-order chi connectivity index (χ0) is 38.6. The van der Waals surface area contributed by atoms with E-state index >= 15 is 0 Å². The van der Waals surface area contributed by atoms with Gasteiger partial charge in [-0.3, -0.25) is 14.4 Å². The van der Waals surface area contributed by atoms with Crippen LogP contribution in [0, 0.1) is 11.3 Å². The summed E-state index contributed by atoms with van der Waals surface area (Å²) in [7, 11) is 4.63. The molecule has 12 nitrogen and oxygen atoms in total. The summed E-state index contributed by atoms with van der Waals surface area (Å²) in [5, 5.41) is 1.67. The number of hydrogen-bond donors (Lipinski definition) is 2. The van der Waals surface area contributed by atoms with Crippen LogP contribution in [0.25, 0.3) is 0 Å². The standard InChI is InChI=1S/C20H27ClFN5O3.C10H12O4.C8H16/c1-12(22)19(25(2)24)15(23)10-30-16-6-5-14(21)13-7-9-26(11-28)20(18(13)16)27-8-3-4-17(27)29;1-12-9-4-3-8(6-14-7-11)10(5-9)13-2;1-7-5-4-6-8(7,2)3/h5-6,11-12,20H,3-4,7-10,23-24H2,1-2H3;3-5,7H,6H2,1-2H3;7H,4-6H2,1-3H3/b19-15-;;. The Morgan fingerprint density at radius 2 is 1.85 bits per heavy atom. The molecule has 3 unspecified atom stereocenters. The quantitative estimate of drug-likeness (QED) is 0.153. The van der Waals surface area contributed by atoms with E-state index in [2.05, 4.69) is 25.5 Å². The lowest BCUT2D eigenvalue weighted by atomic mass is 9.83. The topological polar surface area (TPSA) is 150 Å². The molecule has 0 aromatic heterocycles. The van der Waals surface area contributed by atoms with Crippen LogP contribution in [0.1, 0.15) is 82.7 Å². The number of rotatable bonds is 12. The maximum absolute atomic E-state index is 13.9. The Morgan fingerprint density at radius 3 is 2.35 bits per heavy atom. The lowest BCUT2D eigenvalue weighted by molar-refractivity contribution is -0.138. The molecule has 1 saturated carbocycles. The highest BCUT2D eigenvalue weighted by atomic mass is 35.5. The number of carbonyl (C=O) groups excluding carboxylic acids is 3. The number of methoxy groups -OCH3 is 2. The molecule has 14 heteroatoms. The van der Waals surface area contributed by atoms with Gasteiger partial charge in [0.2, 0.25) is 12.3 Å². The lowest BCUT2D eigenvalue weighted by Gasteiger charge is -2.41. The average molecular weight is 748 g/mol. The third kappa shape index (κ3) is 10.7. The molecule has 2 heterocycles. The van der Waals surface area contributed by atoms with Gasteiger partial charge >= 0.3 is 0 Å². The van der Waals surface area contributed by atoms with E-state index in [4.69, 9.17) is 37.4 Å². The lowest BCUT2D eigenvalue weighted by Crippen LogP contribution is -2.45. The van der Waals surface area contributed by atoms with Gasteiger partial charge in [-0.25, -0.2) is 10.2 Å². The van der Waals surface area contributed by atoms with Crippen molar-refractivity contribution in [2.75, 3.05) is 41.0 Å². The van der Waals surface area contributed by atoms with E-state index in [9.17, 15) is 18.8 Å². The van der Waals surface area contributed by atoms with Gasteiger partial charge in [0.1, 0.15) is 42.8 Å². The van der Waals surface area contributed by atoms with E-state index in [-0.39, 0.29) is 30.5 Å². The van der Waals surface area contributed by atoms with Gasteiger partial charge in [-0.2, -0.15) is 0 Å². The predicted molar refractivity (Wildman–Crippen MR) is 198 cm³/mol. The van der Waals surface area contributed by atoms with E-state index in [0.717, 1.165) is 34.9 Å². The minimum Gasteiger partial charge on any atom is -0.497 e. The fraction of sp³-hybridized carbons (Fsp3) is 0.553. The fourth-order valence-electron chi connectivity index (χ4n) is 6.77. The second-order valence-corrected chi connectivity index (χ2v) is 14.3. The second kappa shape index (κ2) is 19.6. The van der Waals surface area contributed by atoms with Crippen LogP contribution in [0.3, 0.4) is 0 Å². The minimum atomic E-state index is -1.37. The molecule has 2 amide bonds. The van der Waals surface area contributed by atoms with Crippen LogP contribution in [0.2, 0.25) is 5.02 Å². The van der Waals surface area contributed by atoms with Crippen LogP contribution in [-0.4, -0.2) is 80.7 Å². The molecule has 2 aromatic rings. The summed E-state index contributed by atoms with van der Waals surface area (Å²) in [6.45, 7) is 9.96. The molecule has 5 rings (SSSR count). The van der Waals surface area contributed by atoms with Gasteiger partial charge in [0.25, 0.3) is 6.47 Å². The smallest absolute Gasteiger partial charge is 0.293 e. The fourth-order valence-corrected chi connectivity index (χ4v) is 7.03. The van der Waals surface area contributed by atoms with Crippen LogP contribution >= 0.6 is 11.6 Å². The molecular formula is C38H55ClFN5O7.